The van der Waals surface area contributed by atoms with Crippen LogP contribution in [0, 0.1) is 0 Å². The Morgan fingerprint density at radius 2 is 1.96 bits per heavy atom. The lowest BCUT2D eigenvalue weighted by atomic mass is 10.0. The predicted molar refractivity (Wildman–Crippen MR) is 109 cm³/mol. The maximum absolute atomic E-state index is 13.2. The van der Waals surface area contributed by atoms with E-state index >= 15 is 0 Å². The van der Waals surface area contributed by atoms with Crippen molar-refractivity contribution in [3.05, 3.63) is 64.1 Å². The van der Waals surface area contributed by atoms with Gasteiger partial charge in [0.25, 0.3) is 5.56 Å². The summed E-state index contributed by atoms with van der Waals surface area (Å²) in [6.07, 6.45) is 5.84. The predicted octanol–water partition coefficient (Wildman–Crippen LogP) is 3.47. The van der Waals surface area contributed by atoms with Crippen LogP contribution in [0.4, 0.5) is 0 Å². The van der Waals surface area contributed by atoms with Crippen molar-refractivity contribution in [2.45, 2.75) is 16.7 Å². The van der Waals surface area contributed by atoms with Gasteiger partial charge >= 0.3 is 0 Å². The number of likely N-dealkylation sites (N-methyl/N-ethyl adjacent to an activating group) is 1. The molecular weight excluding hydrogens is 364 g/mol. The van der Waals surface area contributed by atoms with Crippen molar-refractivity contribution in [2.75, 3.05) is 26.9 Å². The fourth-order valence-corrected chi connectivity index (χ4v) is 4.63. The van der Waals surface area contributed by atoms with Crippen LogP contribution in [0.15, 0.2) is 62.6 Å². The molecule has 0 unspecified atom stereocenters. The van der Waals surface area contributed by atoms with Crippen LogP contribution in [0.2, 0.25) is 0 Å². The van der Waals surface area contributed by atoms with Gasteiger partial charge in [-0.05, 0) is 55.5 Å². The van der Waals surface area contributed by atoms with Gasteiger partial charge in [-0.1, -0.05) is 0 Å². The third-order valence-corrected chi connectivity index (χ3v) is 6.53. The standard InChI is InChI=1S/C19H20N4OS2/c1-12-9-16(21(2)3)15-10-23(12)26-18-17(15)20-11-22(19(18)24)13-5-7-14(25-4)8-6-13/h5-9,11H,10H2,1-4H3. The maximum Gasteiger partial charge on any atom is 0.274 e. The number of allylic oxidation sites excluding steroid dienone is 2. The van der Waals surface area contributed by atoms with Crippen LogP contribution in [0.25, 0.3) is 11.3 Å². The van der Waals surface area contributed by atoms with E-state index in [2.05, 4.69) is 27.2 Å². The Balaban J connectivity index is 1.87. The van der Waals surface area contributed by atoms with E-state index in [0.717, 1.165) is 34.9 Å². The minimum absolute atomic E-state index is 0.0214. The minimum atomic E-state index is -0.0214. The van der Waals surface area contributed by atoms with Crippen LogP contribution in [-0.4, -0.2) is 45.7 Å². The number of hydrogen-bond donors (Lipinski definition) is 0. The second kappa shape index (κ2) is 6.55. The molecule has 2 bridgehead atoms. The molecule has 0 saturated heterocycles. The van der Waals surface area contributed by atoms with Crippen LogP contribution < -0.4 is 5.56 Å². The lowest BCUT2D eigenvalue weighted by Gasteiger charge is -2.36. The zero-order valence-corrected chi connectivity index (χ0v) is 16.8. The first-order valence-electron chi connectivity index (χ1n) is 8.30. The molecule has 2 aliphatic heterocycles. The van der Waals surface area contributed by atoms with Gasteiger partial charge in [0.05, 0.1) is 17.9 Å². The molecule has 0 fully saturated rings. The van der Waals surface area contributed by atoms with Gasteiger partial charge < -0.3 is 9.21 Å². The molecule has 0 N–H and O–H groups in total. The van der Waals surface area contributed by atoms with Gasteiger partial charge in [-0.2, -0.15) is 0 Å². The second-order valence-electron chi connectivity index (χ2n) is 6.47. The van der Waals surface area contributed by atoms with Crippen molar-refractivity contribution in [3.8, 4) is 5.69 Å². The summed E-state index contributed by atoms with van der Waals surface area (Å²) in [5.41, 5.74) is 4.99. The molecule has 0 atom stereocenters. The largest absolute Gasteiger partial charge is 0.377 e. The summed E-state index contributed by atoms with van der Waals surface area (Å²) in [6.45, 7) is 2.85. The first-order valence-corrected chi connectivity index (χ1v) is 10.3. The van der Waals surface area contributed by atoms with Gasteiger partial charge in [-0.15, -0.1) is 11.8 Å². The molecule has 5 nitrogen and oxygen atoms in total. The zero-order valence-electron chi connectivity index (χ0n) is 15.2. The maximum atomic E-state index is 13.2. The van der Waals surface area contributed by atoms with Crippen molar-refractivity contribution in [1.29, 1.82) is 0 Å². The van der Waals surface area contributed by atoms with E-state index in [1.807, 2.05) is 44.6 Å². The van der Waals surface area contributed by atoms with Crippen LogP contribution in [0.1, 0.15) is 12.6 Å². The fourth-order valence-electron chi connectivity index (χ4n) is 3.18. The summed E-state index contributed by atoms with van der Waals surface area (Å²) in [6, 6.07) is 7.98. The Bertz CT molecular complexity index is 990. The molecule has 2 aliphatic rings. The number of thioether (sulfide) groups is 1. The molecule has 2 aromatic rings. The molecule has 0 amide bonds. The number of rotatable bonds is 3. The van der Waals surface area contributed by atoms with E-state index in [9.17, 15) is 4.79 Å². The number of benzene rings is 1. The van der Waals surface area contributed by atoms with Crippen molar-refractivity contribution >= 4 is 29.3 Å². The Hall–Kier alpha value is -2.12. The molecule has 4 rings (SSSR count). The van der Waals surface area contributed by atoms with E-state index < -0.39 is 0 Å². The number of nitrogens with zero attached hydrogens (tertiary/aromatic N) is 4. The monoisotopic (exact) mass is 384 g/mol. The van der Waals surface area contributed by atoms with E-state index in [4.69, 9.17) is 0 Å². The summed E-state index contributed by atoms with van der Waals surface area (Å²) in [5.74, 6) is 0. The van der Waals surface area contributed by atoms with Gasteiger partial charge in [0.15, 0.2) is 0 Å². The second-order valence-corrected chi connectivity index (χ2v) is 8.38. The smallest absolute Gasteiger partial charge is 0.274 e. The third kappa shape index (κ3) is 2.75. The normalized spacial score (nSPS) is 15.7. The van der Waals surface area contributed by atoms with E-state index in [0.29, 0.717) is 4.90 Å². The SMILES string of the molecule is CSc1ccc(-n2cnc3c(c2=O)SN2CC3=C(N(C)C)C=C2C)cc1. The summed E-state index contributed by atoms with van der Waals surface area (Å²) in [5, 5.41) is 0. The van der Waals surface area contributed by atoms with Crippen molar-refractivity contribution in [3.63, 3.8) is 0 Å². The quantitative estimate of drug-likeness (QED) is 0.596. The van der Waals surface area contributed by atoms with Gasteiger partial charge in [-0.25, -0.2) is 4.98 Å². The van der Waals surface area contributed by atoms with Crippen LogP contribution in [-0.2, 0) is 0 Å². The van der Waals surface area contributed by atoms with Crippen LogP contribution >= 0.6 is 23.7 Å². The molecule has 0 spiro atoms. The summed E-state index contributed by atoms with van der Waals surface area (Å²) >= 11 is 3.17. The van der Waals surface area contributed by atoms with Crippen LogP contribution in [0.5, 0.6) is 0 Å². The van der Waals surface area contributed by atoms with E-state index in [1.54, 1.807) is 22.7 Å². The Kier molecular flexibility index (Phi) is 4.36. The van der Waals surface area contributed by atoms with E-state index in [1.165, 1.54) is 16.8 Å². The lowest BCUT2D eigenvalue weighted by Crippen LogP contribution is -2.33. The number of fused-ring (bicyclic) bond motifs is 4. The molecule has 26 heavy (non-hydrogen) atoms. The minimum Gasteiger partial charge on any atom is -0.377 e. The topological polar surface area (TPSA) is 41.4 Å². The van der Waals surface area contributed by atoms with Gasteiger partial charge in [0, 0.05) is 36.0 Å². The third-order valence-electron chi connectivity index (χ3n) is 4.60. The summed E-state index contributed by atoms with van der Waals surface area (Å²) < 4.78 is 3.79. The Labute approximate surface area is 161 Å². The molecule has 0 radical (unpaired) electrons. The van der Waals surface area contributed by atoms with Gasteiger partial charge in [-0.3, -0.25) is 9.36 Å². The number of aromatic nitrogens is 2. The molecule has 134 valence electrons. The first kappa shape index (κ1) is 17.3. The van der Waals surface area contributed by atoms with Crippen molar-refractivity contribution in [2.24, 2.45) is 0 Å². The Morgan fingerprint density at radius 1 is 1.23 bits per heavy atom. The van der Waals surface area contributed by atoms with Gasteiger partial charge in [0.1, 0.15) is 11.2 Å². The highest BCUT2D eigenvalue weighted by Gasteiger charge is 2.31. The molecule has 1 aromatic carbocycles. The highest BCUT2D eigenvalue weighted by atomic mass is 32.2. The molecular formula is C19H20N4OS2. The summed E-state index contributed by atoms with van der Waals surface area (Å²) in [7, 11) is 4.05. The van der Waals surface area contributed by atoms with Crippen LogP contribution in [0.3, 0.4) is 0 Å². The highest BCUT2D eigenvalue weighted by molar-refractivity contribution is 7.98. The highest BCUT2D eigenvalue weighted by Crippen LogP contribution is 2.41. The summed E-state index contributed by atoms with van der Waals surface area (Å²) in [4.78, 5) is 21.8. The lowest BCUT2D eigenvalue weighted by molar-refractivity contribution is 0.507. The zero-order chi connectivity index (χ0) is 18.4. The van der Waals surface area contributed by atoms with Crippen molar-refractivity contribution in [1.82, 2.24) is 18.8 Å². The average molecular weight is 385 g/mol. The average Bonchev–Trinajstić information content (AvgIpc) is 2.65. The molecule has 0 saturated carbocycles. The molecule has 1 aromatic heterocycles. The van der Waals surface area contributed by atoms with Crippen molar-refractivity contribution < 1.29 is 0 Å². The molecule has 7 heteroatoms. The number of hydrogen-bond acceptors (Lipinski definition) is 6. The van der Waals surface area contributed by atoms with Gasteiger partial charge in [0.2, 0.25) is 0 Å². The van der Waals surface area contributed by atoms with E-state index in [-0.39, 0.29) is 5.56 Å². The fraction of sp³-hybridized carbons (Fsp3) is 0.263. The molecule has 3 heterocycles. The first-order chi connectivity index (χ1) is 12.5. The Morgan fingerprint density at radius 3 is 2.62 bits per heavy atom. The molecule has 0 aliphatic carbocycles.